The minimum absolute atomic E-state index is 0.688. The number of hydrogen-bond donors (Lipinski definition) is 1. The summed E-state index contributed by atoms with van der Waals surface area (Å²) in [6.45, 7) is 9.99. The Balaban J connectivity index is 1.23. The van der Waals surface area contributed by atoms with E-state index in [1.165, 1.54) is 24.0 Å². The first-order chi connectivity index (χ1) is 14.1. The molecule has 0 aliphatic carbocycles. The number of aromatic nitrogens is 1. The zero-order valence-corrected chi connectivity index (χ0v) is 17.9. The molecule has 1 aromatic heterocycles. The molecule has 2 aliphatic rings. The van der Waals surface area contributed by atoms with Gasteiger partial charge in [-0.15, -0.1) is 0 Å². The molecule has 2 aliphatic heterocycles. The van der Waals surface area contributed by atoms with E-state index in [0.717, 1.165) is 69.0 Å². The molecule has 1 fully saturated rings. The van der Waals surface area contributed by atoms with E-state index in [1.54, 1.807) is 0 Å². The van der Waals surface area contributed by atoms with Gasteiger partial charge in [-0.1, -0.05) is 24.3 Å². The van der Waals surface area contributed by atoms with E-state index in [9.17, 15) is 0 Å². The van der Waals surface area contributed by atoms with E-state index in [0.29, 0.717) is 5.92 Å². The van der Waals surface area contributed by atoms with E-state index in [2.05, 4.69) is 49.4 Å². The van der Waals surface area contributed by atoms with E-state index >= 15 is 0 Å². The summed E-state index contributed by atoms with van der Waals surface area (Å²) >= 11 is 0. The monoisotopic (exact) mass is 395 g/mol. The van der Waals surface area contributed by atoms with Gasteiger partial charge in [0.25, 0.3) is 0 Å². The maximum absolute atomic E-state index is 5.74. The second-order valence-corrected chi connectivity index (χ2v) is 8.34. The number of benzene rings is 1. The number of fused-ring (bicyclic) bond motifs is 1. The van der Waals surface area contributed by atoms with Crippen molar-refractivity contribution in [3.63, 3.8) is 0 Å². The van der Waals surface area contributed by atoms with Crippen LogP contribution in [0.1, 0.15) is 41.3 Å². The van der Waals surface area contributed by atoms with E-state index in [4.69, 9.17) is 4.42 Å². The lowest BCUT2D eigenvalue weighted by atomic mass is 9.96. The van der Waals surface area contributed by atoms with Crippen LogP contribution in [0.2, 0.25) is 0 Å². The molecule has 0 spiro atoms. The van der Waals surface area contributed by atoms with Crippen LogP contribution < -0.4 is 5.32 Å². The molecule has 4 rings (SSSR count). The highest BCUT2D eigenvalue weighted by atomic mass is 16.4. The highest BCUT2D eigenvalue weighted by molar-refractivity contribution is 5.80. The summed E-state index contributed by atoms with van der Waals surface area (Å²) in [5.74, 6) is 3.51. The second-order valence-electron chi connectivity index (χ2n) is 8.34. The molecule has 0 bridgehead atoms. The molecule has 1 N–H and O–H groups in total. The molecule has 0 saturated carbocycles. The van der Waals surface area contributed by atoms with Crippen LogP contribution in [0.5, 0.6) is 0 Å². The SMILES string of the molecule is CN=C(NCC1CCN(Cc2nc(C)c(C)o2)CC1)N1CCc2ccccc2C1. The molecule has 0 amide bonds. The van der Waals surface area contributed by atoms with Crippen molar-refractivity contribution >= 4 is 5.96 Å². The quantitative estimate of drug-likeness (QED) is 0.637. The standard InChI is InChI=1S/C23H33N5O/c1-17-18(2)29-22(26-17)16-27-11-8-19(9-12-27)14-25-23(24-3)28-13-10-20-6-4-5-7-21(20)15-28/h4-7,19H,8-16H2,1-3H3,(H,24,25). The van der Waals surface area contributed by atoms with Gasteiger partial charge >= 0.3 is 0 Å². The van der Waals surface area contributed by atoms with Crippen LogP contribution in [0.15, 0.2) is 33.7 Å². The highest BCUT2D eigenvalue weighted by Crippen LogP contribution is 2.21. The average Bonchev–Trinajstić information content (AvgIpc) is 3.06. The van der Waals surface area contributed by atoms with Crippen molar-refractivity contribution in [2.24, 2.45) is 10.9 Å². The maximum atomic E-state index is 5.74. The van der Waals surface area contributed by atoms with Gasteiger partial charge in [0.15, 0.2) is 5.96 Å². The maximum Gasteiger partial charge on any atom is 0.208 e. The van der Waals surface area contributed by atoms with Gasteiger partial charge in [-0.25, -0.2) is 4.98 Å². The Morgan fingerprint density at radius 3 is 2.62 bits per heavy atom. The Hall–Kier alpha value is -2.34. The van der Waals surface area contributed by atoms with Gasteiger partial charge < -0.3 is 14.6 Å². The van der Waals surface area contributed by atoms with Gasteiger partial charge in [-0.05, 0) is 63.2 Å². The molecule has 0 unspecified atom stereocenters. The summed E-state index contributed by atoms with van der Waals surface area (Å²) in [5, 5.41) is 3.64. The van der Waals surface area contributed by atoms with Crippen LogP contribution in [-0.2, 0) is 19.5 Å². The Morgan fingerprint density at radius 2 is 1.93 bits per heavy atom. The number of nitrogens with zero attached hydrogens (tertiary/aromatic N) is 4. The van der Waals surface area contributed by atoms with Gasteiger partial charge in [-0.3, -0.25) is 9.89 Å². The average molecular weight is 396 g/mol. The molecule has 6 heteroatoms. The fourth-order valence-electron chi connectivity index (χ4n) is 4.39. The Bertz CT molecular complexity index is 831. The van der Waals surface area contributed by atoms with E-state index in [1.807, 2.05) is 20.9 Å². The van der Waals surface area contributed by atoms with E-state index < -0.39 is 0 Å². The number of rotatable bonds is 4. The first kappa shape index (κ1) is 20.0. The lowest BCUT2D eigenvalue weighted by molar-refractivity contribution is 0.163. The lowest BCUT2D eigenvalue weighted by Gasteiger charge is -2.34. The lowest BCUT2D eigenvalue weighted by Crippen LogP contribution is -2.46. The third kappa shape index (κ3) is 4.81. The molecule has 0 radical (unpaired) electrons. The fraction of sp³-hybridized carbons (Fsp3) is 0.565. The first-order valence-electron chi connectivity index (χ1n) is 10.8. The fourth-order valence-corrected chi connectivity index (χ4v) is 4.39. The van der Waals surface area contributed by atoms with Gasteiger partial charge in [0.05, 0.1) is 12.2 Å². The summed E-state index contributed by atoms with van der Waals surface area (Å²) in [6.07, 6.45) is 3.49. The topological polar surface area (TPSA) is 56.9 Å². The number of aryl methyl sites for hydroxylation is 2. The number of oxazole rings is 1. The third-order valence-corrected chi connectivity index (χ3v) is 6.33. The Morgan fingerprint density at radius 1 is 1.17 bits per heavy atom. The minimum Gasteiger partial charge on any atom is -0.444 e. The summed E-state index contributed by atoms with van der Waals surface area (Å²) < 4.78 is 5.74. The third-order valence-electron chi connectivity index (χ3n) is 6.33. The molecule has 29 heavy (non-hydrogen) atoms. The number of aliphatic imine (C=N–C) groups is 1. The van der Waals surface area contributed by atoms with Crippen LogP contribution in [0, 0.1) is 19.8 Å². The van der Waals surface area contributed by atoms with Crippen LogP contribution in [-0.4, -0.2) is 54.0 Å². The largest absolute Gasteiger partial charge is 0.444 e. The number of guanidine groups is 1. The molecule has 0 atom stereocenters. The minimum atomic E-state index is 0.688. The van der Waals surface area contributed by atoms with Gasteiger partial charge in [-0.2, -0.15) is 0 Å². The van der Waals surface area contributed by atoms with Crippen molar-refractivity contribution in [1.29, 1.82) is 0 Å². The summed E-state index contributed by atoms with van der Waals surface area (Å²) in [6, 6.07) is 8.75. The molecule has 1 saturated heterocycles. The Kier molecular flexibility index (Phi) is 6.19. The van der Waals surface area contributed by atoms with Crippen LogP contribution >= 0.6 is 0 Å². The number of likely N-dealkylation sites (tertiary alicyclic amines) is 1. The van der Waals surface area contributed by atoms with Crippen molar-refractivity contribution in [1.82, 2.24) is 20.1 Å². The van der Waals surface area contributed by atoms with E-state index in [-0.39, 0.29) is 0 Å². The van der Waals surface area contributed by atoms with Crippen LogP contribution in [0.4, 0.5) is 0 Å². The molecule has 156 valence electrons. The summed E-state index contributed by atoms with van der Waals surface area (Å²) in [4.78, 5) is 13.9. The molecular weight excluding hydrogens is 362 g/mol. The molecule has 6 nitrogen and oxygen atoms in total. The predicted molar refractivity (Wildman–Crippen MR) is 116 cm³/mol. The number of piperidine rings is 1. The highest BCUT2D eigenvalue weighted by Gasteiger charge is 2.23. The van der Waals surface area contributed by atoms with Crippen molar-refractivity contribution in [3.8, 4) is 0 Å². The smallest absolute Gasteiger partial charge is 0.208 e. The molecule has 1 aromatic carbocycles. The van der Waals surface area contributed by atoms with Crippen LogP contribution in [0.3, 0.4) is 0 Å². The predicted octanol–water partition coefficient (Wildman–Crippen LogP) is 3.14. The van der Waals surface area contributed by atoms with Crippen molar-refractivity contribution in [3.05, 3.63) is 52.7 Å². The van der Waals surface area contributed by atoms with Crippen molar-refractivity contribution < 1.29 is 4.42 Å². The molecule has 2 aromatic rings. The zero-order chi connectivity index (χ0) is 20.2. The van der Waals surface area contributed by atoms with Gasteiger partial charge in [0, 0.05) is 26.7 Å². The normalized spacial score (nSPS) is 18.7. The number of nitrogens with one attached hydrogen (secondary N) is 1. The van der Waals surface area contributed by atoms with Gasteiger partial charge in [0.1, 0.15) is 5.76 Å². The Labute approximate surface area is 174 Å². The summed E-state index contributed by atoms with van der Waals surface area (Å²) in [7, 11) is 1.89. The second kappa shape index (κ2) is 8.99. The van der Waals surface area contributed by atoms with Crippen LogP contribution in [0.25, 0.3) is 0 Å². The van der Waals surface area contributed by atoms with Crippen molar-refractivity contribution in [2.45, 2.75) is 46.2 Å². The molecule has 3 heterocycles. The number of hydrogen-bond acceptors (Lipinski definition) is 4. The first-order valence-corrected chi connectivity index (χ1v) is 10.8. The van der Waals surface area contributed by atoms with Gasteiger partial charge in [0.2, 0.25) is 5.89 Å². The summed E-state index contributed by atoms with van der Waals surface area (Å²) in [5.41, 5.74) is 3.90. The van der Waals surface area contributed by atoms with Crippen molar-refractivity contribution in [2.75, 3.05) is 33.2 Å². The zero-order valence-electron chi connectivity index (χ0n) is 17.9. The molecular formula is C23H33N5O.